The summed E-state index contributed by atoms with van der Waals surface area (Å²) in [5.74, 6) is 3.20. The molecule has 0 amide bonds. The van der Waals surface area contributed by atoms with Gasteiger partial charge in [-0.2, -0.15) is 37.9 Å². The van der Waals surface area contributed by atoms with E-state index in [0.29, 0.717) is 0 Å². The fourth-order valence-electron chi connectivity index (χ4n) is 5.00. The SMILES string of the molecule is CCCCCCCCCCCCS.CCCCCCCCCCCCS.CCCCCCCCCCCCS.CCC[CH2][SnH]. The van der Waals surface area contributed by atoms with Gasteiger partial charge in [-0.1, -0.05) is 194 Å². The molecular weight excluding hydrogens is 695 g/mol. The Hall–Kier alpha value is 1.85. The molecule has 0 saturated heterocycles. The first-order valence-corrected chi connectivity index (χ1v) is 24.4. The van der Waals surface area contributed by atoms with Crippen LogP contribution in [-0.4, -0.2) is 39.8 Å². The van der Waals surface area contributed by atoms with Crippen LogP contribution in [0.4, 0.5) is 0 Å². The third-order valence-corrected chi connectivity index (χ3v) is 10.2. The average Bonchev–Trinajstić information content (AvgIpc) is 3.04. The molecule has 44 heavy (non-hydrogen) atoms. The number of unbranched alkanes of at least 4 members (excludes halogenated alkanes) is 28. The zero-order valence-electron chi connectivity index (χ0n) is 31.4. The molecule has 270 valence electrons. The Bertz CT molecular complexity index is 311. The van der Waals surface area contributed by atoms with Crippen LogP contribution in [0.25, 0.3) is 0 Å². The summed E-state index contributed by atoms with van der Waals surface area (Å²) in [6.45, 7) is 9.06. The molecule has 0 aromatic carbocycles. The Balaban J connectivity index is -0.000000253. The molecule has 0 aliphatic carbocycles. The molecule has 2 radical (unpaired) electrons. The van der Waals surface area contributed by atoms with Gasteiger partial charge in [0.25, 0.3) is 0 Å². The Morgan fingerprint density at radius 1 is 0.250 bits per heavy atom. The van der Waals surface area contributed by atoms with Crippen LogP contribution >= 0.6 is 37.9 Å². The van der Waals surface area contributed by atoms with Crippen molar-refractivity contribution >= 4 is 60.4 Å². The summed E-state index contributed by atoms with van der Waals surface area (Å²) in [6, 6.07) is 0. The molecule has 0 aliphatic rings. The Morgan fingerprint density at radius 2 is 0.409 bits per heavy atom. The van der Waals surface area contributed by atoms with E-state index >= 15 is 0 Å². The van der Waals surface area contributed by atoms with E-state index < -0.39 is 0 Å². The van der Waals surface area contributed by atoms with E-state index in [-0.39, 0.29) is 0 Å². The number of hydrogen-bond donors (Lipinski definition) is 3. The molecular formula is C40H88S3Sn. The van der Waals surface area contributed by atoms with Crippen LogP contribution in [0.2, 0.25) is 4.44 Å². The zero-order chi connectivity index (χ0) is 33.5. The van der Waals surface area contributed by atoms with Crippen LogP contribution in [0.15, 0.2) is 0 Å². The maximum atomic E-state index is 4.20. The van der Waals surface area contributed by atoms with Gasteiger partial charge in [0.2, 0.25) is 0 Å². The van der Waals surface area contributed by atoms with Crippen molar-refractivity contribution in [2.24, 2.45) is 0 Å². The molecule has 0 unspecified atom stereocenters. The van der Waals surface area contributed by atoms with Crippen molar-refractivity contribution in [2.45, 2.75) is 238 Å². The molecule has 0 atom stereocenters. The van der Waals surface area contributed by atoms with Crippen molar-refractivity contribution in [3.63, 3.8) is 0 Å². The summed E-state index contributed by atoms with van der Waals surface area (Å²) in [5, 5.41) is 0. The normalized spacial score (nSPS) is 10.4. The third-order valence-electron chi connectivity index (χ3n) is 8.09. The Labute approximate surface area is 313 Å². The second-order valence-corrected chi connectivity index (χ2v) is 15.8. The predicted octanol–water partition coefficient (Wildman–Crippen LogP) is 15.6. The minimum absolute atomic E-state index is 1.07. The van der Waals surface area contributed by atoms with Crippen LogP contribution < -0.4 is 0 Å². The second-order valence-electron chi connectivity index (χ2n) is 12.9. The van der Waals surface area contributed by atoms with E-state index in [1.807, 2.05) is 0 Å². The molecule has 0 bridgehead atoms. The van der Waals surface area contributed by atoms with Crippen LogP contribution in [0.1, 0.15) is 233 Å². The maximum absolute atomic E-state index is 4.20. The summed E-state index contributed by atoms with van der Waals surface area (Å²) < 4.78 is 1.47. The summed E-state index contributed by atoms with van der Waals surface area (Å²) in [7, 11) is 0. The van der Waals surface area contributed by atoms with Crippen molar-refractivity contribution in [1.29, 1.82) is 0 Å². The first-order valence-electron chi connectivity index (χ1n) is 20.2. The van der Waals surface area contributed by atoms with E-state index in [1.165, 1.54) is 232 Å². The summed E-state index contributed by atoms with van der Waals surface area (Å²) in [5.41, 5.74) is 0. The van der Waals surface area contributed by atoms with Gasteiger partial charge in [0, 0.05) is 0 Å². The van der Waals surface area contributed by atoms with E-state index in [1.54, 1.807) is 0 Å². The number of rotatable bonds is 32. The van der Waals surface area contributed by atoms with Gasteiger partial charge in [-0.15, -0.1) is 0 Å². The summed E-state index contributed by atoms with van der Waals surface area (Å²) in [6.07, 6.45) is 45.4. The fraction of sp³-hybridized carbons (Fsp3) is 1.00. The first-order chi connectivity index (χ1) is 21.7. The van der Waals surface area contributed by atoms with Gasteiger partial charge < -0.3 is 0 Å². The molecule has 4 heteroatoms. The number of thiol groups is 3. The van der Waals surface area contributed by atoms with E-state index in [2.05, 4.69) is 65.6 Å². The van der Waals surface area contributed by atoms with Crippen molar-refractivity contribution in [1.82, 2.24) is 0 Å². The Morgan fingerprint density at radius 3 is 0.523 bits per heavy atom. The van der Waals surface area contributed by atoms with Crippen molar-refractivity contribution < 1.29 is 0 Å². The molecule has 0 saturated carbocycles. The van der Waals surface area contributed by atoms with Crippen molar-refractivity contribution in [3.05, 3.63) is 0 Å². The van der Waals surface area contributed by atoms with Gasteiger partial charge in [-0.25, -0.2) is 0 Å². The Kier molecular flexibility index (Phi) is 72.0. The second kappa shape index (κ2) is 60.2. The molecule has 0 nitrogen and oxygen atoms in total. The molecule has 0 rings (SSSR count). The van der Waals surface area contributed by atoms with Gasteiger partial charge in [0.05, 0.1) is 0 Å². The van der Waals surface area contributed by atoms with Gasteiger partial charge >= 0.3 is 46.7 Å². The molecule has 0 spiro atoms. The van der Waals surface area contributed by atoms with Crippen LogP contribution in [-0.2, 0) is 0 Å². The van der Waals surface area contributed by atoms with Gasteiger partial charge in [-0.3, -0.25) is 0 Å². The van der Waals surface area contributed by atoms with Gasteiger partial charge in [0.1, 0.15) is 0 Å². The van der Waals surface area contributed by atoms with Crippen molar-refractivity contribution in [3.8, 4) is 0 Å². The van der Waals surface area contributed by atoms with Crippen LogP contribution in [0, 0.1) is 0 Å². The van der Waals surface area contributed by atoms with Crippen LogP contribution in [0.5, 0.6) is 0 Å². The molecule has 0 aromatic rings. The molecule has 0 N–H and O–H groups in total. The van der Waals surface area contributed by atoms with Crippen molar-refractivity contribution in [2.75, 3.05) is 17.3 Å². The summed E-state index contributed by atoms with van der Waals surface area (Å²) >= 11 is 14.1. The monoisotopic (exact) mass is 785 g/mol. The first kappa shape index (κ1) is 52.7. The van der Waals surface area contributed by atoms with Crippen LogP contribution in [0.3, 0.4) is 0 Å². The predicted molar refractivity (Wildman–Crippen MR) is 224 cm³/mol. The molecule has 0 aliphatic heterocycles. The fourth-order valence-corrected chi connectivity index (χ4v) is 6.84. The minimum atomic E-state index is 1.07. The van der Waals surface area contributed by atoms with Gasteiger partial charge in [-0.05, 0) is 36.5 Å². The topological polar surface area (TPSA) is 0 Å². The third kappa shape index (κ3) is 70.3. The average molecular weight is 784 g/mol. The number of hydrogen-bond acceptors (Lipinski definition) is 3. The summed E-state index contributed by atoms with van der Waals surface area (Å²) in [4.78, 5) is 0. The molecule has 0 fully saturated rings. The molecule has 0 aromatic heterocycles. The van der Waals surface area contributed by atoms with E-state index in [4.69, 9.17) is 0 Å². The van der Waals surface area contributed by atoms with E-state index in [9.17, 15) is 0 Å². The van der Waals surface area contributed by atoms with Gasteiger partial charge in [0.15, 0.2) is 0 Å². The molecule has 0 heterocycles. The quantitative estimate of drug-likeness (QED) is 0.0338. The zero-order valence-corrected chi connectivity index (χ0v) is 37.4. The standard InChI is InChI=1S/3C12H26S.C4H9.Sn.H/c3*1-2-3-4-5-6-7-8-9-10-11-12-13;1-3-4-2;;/h3*13H,2-12H2,1H3;1,3-4H2,2H3;;. The van der Waals surface area contributed by atoms with E-state index in [0.717, 1.165) is 17.3 Å².